The molecule has 0 fully saturated rings. The molecule has 2 N–H and O–H groups in total. The van der Waals surface area contributed by atoms with Crippen LogP contribution in [0.1, 0.15) is 44.6 Å². The van der Waals surface area contributed by atoms with E-state index < -0.39 is 0 Å². The van der Waals surface area contributed by atoms with Crippen LogP contribution in [0.2, 0.25) is 0 Å². The predicted octanol–water partition coefficient (Wildman–Crippen LogP) is 5.45. The molecule has 0 saturated heterocycles. The molecule has 4 nitrogen and oxygen atoms in total. The van der Waals surface area contributed by atoms with Crippen molar-refractivity contribution in [3.8, 4) is 0 Å². The van der Waals surface area contributed by atoms with Gasteiger partial charge in [-0.25, -0.2) is 20.4 Å². The Hall–Kier alpha value is -2.08. The van der Waals surface area contributed by atoms with Gasteiger partial charge in [0.15, 0.2) is 0 Å². The Morgan fingerprint density at radius 2 is 0.333 bits per heavy atom. The van der Waals surface area contributed by atoms with E-state index in [0.29, 0.717) is 0 Å². The summed E-state index contributed by atoms with van der Waals surface area (Å²) in [7, 11) is 0. The van der Waals surface area contributed by atoms with Crippen LogP contribution >= 0.6 is 0 Å². The van der Waals surface area contributed by atoms with Crippen LogP contribution in [0, 0.1) is 10.8 Å². The average molecular weight is 422 g/mol. The van der Waals surface area contributed by atoms with E-state index in [-0.39, 0.29) is 101 Å². The van der Waals surface area contributed by atoms with Crippen LogP contribution in [-0.2, 0) is 9.59 Å². The van der Waals surface area contributed by atoms with Crippen LogP contribution in [0.25, 0.3) is 0 Å². The molecule has 0 heterocycles. The Bertz CT molecular complexity index is 93.1. The van der Waals surface area contributed by atoms with Gasteiger partial charge >= 0.3 is 0 Å². The Balaban J connectivity index is -0.000000000423. The quantitative estimate of drug-likeness (QED) is 0.309. The number of hydrogen-bond acceptors (Lipinski definition) is 4. The van der Waals surface area contributed by atoms with Crippen molar-refractivity contribution in [2.24, 2.45) is 0 Å². The molecule has 0 bridgehead atoms. The Morgan fingerprint density at radius 1 is 0.333 bits per heavy atom. The number of hydrogen-bond donors (Lipinski definition) is 2. The van der Waals surface area contributed by atoms with E-state index in [9.17, 15) is 0 Å². The van der Waals surface area contributed by atoms with Gasteiger partial charge in [0.2, 0.25) is 12.2 Å². The highest BCUT2D eigenvalue weighted by atomic mass is 19.0. The van der Waals surface area contributed by atoms with Crippen molar-refractivity contribution in [3.63, 3.8) is 0 Å². The molecule has 0 aliphatic heterocycles. The number of halogens is 12. The van der Waals surface area contributed by atoms with Crippen molar-refractivity contribution in [1.82, 2.24) is 0 Å². The first kappa shape index (κ1) is 2600. The van der Waals surface area contributed by atoms with E-state index in [1.165, 1.54) is 0 Å². The van der Waals surface area contributed by atoms with Crippen molar-refractivity contribution < 1.29 is 66.0 Å². The fraction of sp³-hybridized carbons (Fsp3) is 0.750. The minimum atomic E-state index is 0. The van der Waals surface area contributed by atoms with Gasteiger partial charge in [-0.05, 0) is 0 Å². The molecule has 176 valence electrons. The SMILES string of the molecule is C.C.C.C.C.C.F.F.F.F.F.F.F.F.F.F.F.F.N=C=O.N=C=O. The Labute approximate surface area is 135 Å². The second kappa shape index (κ2) is 1300000. The lowest BCUT2D eigenvalue weighted by molar-refractivity contribution is 0.562. The molecule has 16 heteroatoms. The third-order valence-electron chi connectivity index (χ3n) is 0. The summed E-state index contributed by atoms with van der Waals surface area (Å²) in [5, 5.41) is 10.8. The van der Waals surface area contributed by atoms with Gasteiger partial charge in [0.1, 0.15) is 0 Å². The molecule has 0 rings (SSSR count). The molecule has 0 aromatic rings. The lowest BCUT2D eigenvalue weighted by Crippen LogP contribution is -1.16. The van der Waals surface area contributed by atoms with Crippen LogP contribution in [0.15, 0.2) is 0 Å². The summed E-state index contributed by atoms with van der Waals surface area (Å²) >= 11 is 0. The molecule has 0 atom stereocenters. The fourth-order valence-corrected chi connectivity index (χ4v) is 0. The monoisotopic (exact) mass is 422 g/mol. The lowest BCUT2D eigenvalue weighted by Gasteiger charge is -1.02. The molecular formula is C8H38F12N2O2. The van der Waals surface area contributed by atoms with Gasteiger partial charge in [-0.1, -0.05) is 44.6 Å². The minimum Gasteiger partial charge on any atom is -0.269 e. The average Bonchev–Trinajstić information content (AvgIpc) is 1.39. The fourth-order valence-electron chi connectivity index (χ4n) is 0. The van der Waals surface area contributed by atoms with E-state index in [1.54, 1.807) is 0 Å². The third kappa shape index (κ3) is 1650. The molecule has 0 unspecified atom stereocenters. The molecule has 0 aliphatic carbocycles. The number of rotatable bonds is 0. The van der Waals surface area contributed by atoms with Crippen LogP contribution in [0.5, 0.6) is 0 Å². The first-order valence-electron chi connectivity index (χ1n) is 0.908. The summed E-state index contributed by atoms with van der Waals surface area (Å²) in [4.78, 5) is 16.7. The van der Waals surface area contributed by atoms with Crippen LogP contribution in [0.3, 0.4) is 0 Å². The predicted molar refractivity (Wildman–Crippen MR) is 87.2 cm³/mol. The van der Waals surface area contributed by atoms with Crippen LogP contribution in [0.4, 0.5) is 56.5 Å². The normalized spacial score (nSPS) is 0.667. The zero-order chi connectivity index (χ0) is 5.41. The molecule has 0 spiro atoms. The molecule has 0 saturated carbocycles. The number of nitrogens with one attached hydrogen (secondary N) is 2. The maximum atomic E-state index is 8.35. The zero-order valence-electron chi connectivity index (χ0n) is 7.72. The minimum absolute atomic E-state index is 0. The van der Waals surface area contributed by atoms with Crippen molar-refractivity contribution in [2.75, 3.05) is 0 Å². The summed E-state index contributed by atoms with van der Waals surface area (Å²) in [5.74, 6) is 0. The maximum Gasteiger partial charge on any atom is 0.231 e. The maximum absolute atomic E-state index is 8.35. The summed E-state index contributed by atoms with van der Waals surface area (Å²) in [6.45, 7) is 0. The van der Waals surface area contributed by atoms with Gasteiger partial charge < -0.3 is 0 Å². The molecule has 0 amide bonds. The van der Waals surface area contributed by atoms with Crippen LogP contribution < -0.4 is 0 Å². The van der Waals surface area contributed by atoms with Crippen LogP contribution in [-0.4, -0.2) is 12.2 Å². The van der Waals surface area contributed by atoms with Gasteiger partial charge in [0.05, 0.1) is 0 Å². The van der Waals surface area contributed by atoms with E-state index >= 15 is 0 Å². The molecule has 0 aromatic heterocycles. The Morgan fingerprint density at radius 3 is 0.333 bits per heavy atom. The molecule has 0 radical (unpaired) electrons. The van der Waals surface area contributed by atoms with Gasteiger partial charge in [-0.2, -0.15) is 0 Å². The standard InChI is InChI=1S/2CHNO.6CH4.12FH/c2*2-1-3;;;;;;;;;;;;;;;;;;/h2*2H;6*1H4;12*1H. The van der Waals surface area contributed by atoms with E-state index in [0.717, 1.165) is 12.2 Å². The molecule has 24 heavy (non-hydrogen) atoms. The highest BCUT2D eigenvalue weighted by Gasteiger charge is 1.04. The Kier molecular flexibility index (Phi) is 141000000. The van der Waals surface area contributed by atoms with E-state index in [2.05, 4.69) is 0 Å². The van der Waals surface area contributed by atoms with Gasteiger partial charge in [0.25, 0.3) is 0 Å². The zero-order valence-corrected chi connectivity index (χ0v) is 7.72. The van der Waals surface area contributed by atoms with Gasteiger partial charge in [-0.15, -0.1) is 0 Å². The largest absolute Gasteiger partial charge is 0.269 e. The first-order valence-corrected chi connectivity index (χ1v) is 0.908. The summed E-state index contributed by atoms with van der Waals surface area (Å²) in [6.07, 6.45) is 1.50. The highest BCUT2D eigenvalue weighted by molar-refractivity contribution is 5.26. The first-order chi connectivity index (χ1) is 2.83. The van der Waals surface area contributed by atoms with E-state index in [1.807, 2.05) is 0 Å². The molecular weight excluding hydrogens is 384 g/mol. The number of isocyanates is 2. The van der Waals surface area contributed by atoms with E-state index in [4.69, 9.17) is 20.4 Å². The molecule has 0 aromatic carbocycles. The highest BCUT2D eigenvalue weighted by Crippen LogP contribution is 0.871. The van der Waals surface area contributed by atoms with Crippen molar-refractivity contribution >= 4 is 12.2 Å². The van der Waals surface area contributed by atoms with Crippen molar-refractivity contribution in [1.29, 1.82) is 10.8 Å². The summed E-state index contributed by atoms with van der Waals surface area (Å²) < 4.78 is 0. The summed E-state index contributed by atoms with van der Waals surface area (Å²) in [6, 6.07) is 0. The van der Waals surface area contributed by atoms with Gasteiger partial charge in [0, 0.05) is 0 Å². The summed E-state index contributed by atoms with van der Waals surface area (Å²) in [5.41, 5.74) is 0. The lowest BCUT2D eigenvalue weighted by atomic mass is 11.7. The topological polar surface area (TPSA) is 81.8 Å². The van der Waals surface area contributed by atoms with Crippen molar-refractivity contribution in [3.05, 3.63) is 0 Å². The number of carbonyl (C=O) groups excluding carboxylic acids is 2. The second-order valence-electron chi connectivity index (χ2n) is 0.204. The third-order valence-corrected chi connectivity index (χ3v) is 0. The smallest absolute Gasteiger partial charge is 0.231 e. The second-order valence-corrected chi connectivity index (χ2v) is 0.204. The molecule has 0 aliphatic rings. The van der Waals surface area contributed by atoms with Gasteiger partial charge in [-0.3, -0.25) is 56.5 Å². The van der Waals surface area contributed by atoms with Crippen molar-refractivity contribution in [2.45, 2.75) is 44.6 Å².